The molecule has 1 N–H and O–H groups in total. The van der Waals surface area contributed by atoms with Gasteiger partial charge in [-0.15, -0.1) is 0 Å². The molecule has 4 heteroatoms. The van der Waals surface area contributed by atoms with Crippen LogP contribution in [-0.2, 0) is 9.47 Å². The molecule has 0 spiro atoms. The topological polar surface area (TPSA) is 38.7 Å². The van der Waals surface area contributed by atoms with Crippen LogP contribution in [0, 0.1) is 0 Å². The Hall–Kier alpha value is -0.475. The predicted molar refractivity (Wildman–Crippen MR) is 41.2 cm³/mol. The summed E-state index contributed by atoms with van der Waals surface area (Å²) >= 11 is 0. The van der Waals surface area contributed by atoms with E-state index in [-0.39, 0.29) is 12.7 Å². The number of methoxy groups -OCH3 is 1. The Morgan fingerprint density at radius 2 is 2.36 bits per heavy atom. The molecule has 1 aliphatic heterocycles. The Labute approximate surface area is 67.4 Å². The van der Waals surface area contributed by atoms with Crippen molar-refractivity contribution in [1.82, 2.24) is 0 Å². The maximum atomic E-state index is 8.81. The minimum Gasteiger partial charge on any atom is -0.498 e. The number of aliphatic hydroxyl groups is 1. The van der Waals surface area contributed by atoms with Gasteiger partial charge in [0.2, 0.25) is 0 Å². The van der Waals surface area contributed by atoms with Crippen LogP contribution in [0.5, 0.6) is 0 Å². The Balaban J connectivity index is 2.77. The molecule has 1 rings (SSSR count). The minimum atomic E-state index is -0.429. The van der Waals surface area contributed by atoms with E-state index < -0.39 is 6.00 Å². The number of aliphatic hydroxyl groups excluding tert-OH is 1. The molecule has 2 atom stereocenters. The van der Waals surface area contributed by atoms with Gasteiger partial charge >= 0.3 is 0 Å². The molecule has 0 aliphatic carbocycles. The van der Waals surface area contributed by atoms with Gasteiger partial charge < -0.3 is 14.6 Å². The van der Waals surface area contributed by atoms with Crippen molar-refractivity contribution in [1.29, 1.82) is 0 Å². The van der Waals surface area contributed by atoms with Crippen molar-refractivity contribution in [2.24, 2.45) is 0 Å². The molecular weight excluding hydrogens is 143 g/mol. The number of ether oxygens (including phenoxy) is 2. The van der Waals surface area contributed by atoms with Crippen molar-refractivity contribution in [3.8, 4) is 0 Å². The van der Waals surface area contributed by atoms with Gasteiger partial charge in [0.15, 0.2) is 0 Å². The summed E-state index contributed by atoms with van der Waals surface area (Å²) < 4.78 is 10.2. The van der Waals surface area contributed by atoms with Crippen LogP contribution in [-0.4, -0.2) is 38.8 Å². The summed E-state index contributed by atoms with van der Waals surface area (Å²) in [5.74, 6) is 0.653. The van der Waals surface area contributed by atoms with Crippen molar-refractivity contribution in [2.75, 3.05) is 13.7 Å². The summed E-state index contributed by atoms with van der Waals surface area (Å²) in [5, 5.41) is 8.81. The zero-order chi connectivity index (χ0) is 8.43. The quantitative estimate of drug-likeness (QED) is 0.559. The molecule has 60 valence electrons. The van der Waals surface area contributed by atoms with Gasteiger partial charge in [0.05, 0.1) is 13.7 Å². The minimum absolute atomic E-state index is 0.0891. The van der Waals surface area contributed by atoms with Crippen LogP contribution in [0.2, 0.25) is 0 Å². The van der Waals surface area contributed by atoms with Crippen molar-refractivity contribution in [3.05, 3.63) is 11.3 Å². The standard InChI is InChI=1S/C7H11BO3/c1-4-6(10-2)5(3-9)11-7(4)8/h5,7,9H,3H2,1-2H3. The first-order chi connectivity index (χ1) is 5.20. The van der Waals surface area contributed by atoms with Gasteiger partial charge in [-0.25, -0.2) is 0 Å². The van der Waals surface area contributed by atoms with Crippen molar-refractivity contribution in [2.45, 2.75) is 19.0 Å². The molecular formula is C7H11BO3. The van der Waals surface area contributed by atoms with Crippen LogP contribution >= 0.6 is 0 Å². The first kappa shape index (κ1) is 8.62. The molecule has 0 saturated heterocycles. The zero-order valence-electron chi connectivity index (χ0n) is 6.70. The Morgan fingerprint density at radius 1 is 1.73 bits per heavy atom. The highest BCUT2D eigenvalue weighted by Gasteiger charge is 2.29. The summed E-state index contributed by atoms with van der Waals surface area (Å²) in [6.45, 7) is 1.74. The lowest BCUT2D eigenvalue weighted by Gasteiger charge is -2.10. The molecule has 2 unspecified atom stereocenters. The smallest absolute Gasteiger partial charge is 0.137 e. The molecule has 3 nitrogen and oxygen atoms in total. The monoisotopic (exact) mass is 154 g/mol. The highest BCUT2D eigenvalue weighted by atomic mass is 16.6. The highest BCUT2D eigenvalue weighted by molar-refractivity contribution is 6.13. The van der Waals surface area contributed by atoms with E-state index in [1.807, 2.05) is 6.92 Å². The van der Waals surface area contributed by atoms with E-state index in [0.717, 1.165) is 5.57 Å². The fourth-order valence-electron chi connectivity index (χ4n) is 1.15. The van der Waals surface area contributed by atoms with E-state index in [1.54, 1.807) is 7.11 Å². The lowest BCUT2D eigenvalue weighted by Crippen LogP contribution is -2.19. The van der Waals surface area contributed by atoms with E-state index in [1.165, 1.54) is 0 Å². The summed E-state index contributed by atoms with van der Waals surface area (Å²) in [4.78, 5) is 0. The molecule has 1 aliphatic rings. The van der Waals surface area contributed by atoms with Gasteiger partial charge in [-0.1, -0.05) is 0 Å². The molecule has 1 heterocycles. The van der Waals surface area contributed by atoms with Gasteiger partial charge in [0.25, 0.3) is 0 Å². The van der Waals surface area contributed by atoms with Gasteiger partial charge in [-0.05, 0) is 12.5 Å². The van der Waals surface area contributed by atoms with Crippen molar-refractivity contribution in [3.63, 3.8) is 0 Å². The van der Waals surface area contributed by atoms with Crippen LogP contribution in [0.15, 0.2) is 11.3 Å². The first-order valence-corrected chi connectivity index (χ1v) is 3.47. The first-order valence-electron chi connectivity index (χ1n) is 3.47. The van der Waals surface area contributed by atoms with E-state index >= 15 is 0 Å². The van der Waals surface area contributed by atoms with E-state index in [9.17, 15) is 0 Å². The van der Waals surface area contributed by atoms with E-state index in [0.29, 0.717) is 5.76 Å². The molecule has 0 aromatic heterocycles. The van der Waals surface area contributed by atoms with Gasteiger partial charge in [0.1, 0.15) is 19.7 Å². The van der Waals surface area contributed by atoms with Crippen molar-refractivity contribution >= 4 is 7.85 Å². The predicted octanol–water partition coefficient (Wildman–Crippen LogP) is -0.208. The summed E-state index contributed by atoms with van der Waals surface area (Å²) in [7, 11) is 7.08. The third-order valence-corrected chi connectivity index (χ3v) is 1.80. The van der Waals surface area contributed by atoms with E-state index in [2.05, 4.69) is 0 Å². The lowest BCUT2D eigenvalue weighted by atomic mass is 9.94. The molecule has 0 aromatic carbocycles. The highest BCUT2D eigenvalue weighted by Crippen LogP contribution is 2.25. The Morgan fingerprint density at radius 3 is 2.73 bits per heavy atom. The number of rotatable bonds is 2. The lowest BCUT2D eigenvalue weighted by molar-refractivity contribution is 0.0271. The second kappa shape index (κ2) is 3.28. The maximum Gasteiger partial charge on any atom is 0.137 e. The second-order valence-corrected chi connectivity index (χ2v) is 2.48. The van der Waals surface area contributed by atoms with E-state index in [4.69, 9.17) is 22.4 Å². The fourth-order valence-corrected chi connectivity index (χ4v) is 1.15. The third-order valence-electron chi connectivity index (χ3n) is 1.80. The third kappa shape index (κ3) is 1.41. The zero-order valence-corrected chi connectivity index (χ0v) is 6.70. The summed E-state index contributed by atoms with van der Waals surface area (Å²) in [5.41, 5.74) is 0.853. The van der Waals surface area contributed by atoms with Gasteiger partial charge in [-0.2, -0.15) is 0 Å². The average molecular weight is 154 g/mol. The van der Waals surface area contributed by atoms with Crippen LogP contribution < -0.4 is 0 Å². The van der Waals surface area contributed by atoms with Gasteiger partial charge in [0, 0.05) is 6.00 Å². The fraction of sp³-hybridized carbons (Fsp3) is 0.714. The van der Waals surface area contributed by atoms with Crippen LogP contribution in [0.4, 0.5) is 0 Å². The van der Waals surface area contributed by atoms with Crippen LogP contribution in [0.3, 0.4) is 0 Å². The average Bonchev–Trinajstić information content (AvgIpc) is 2.28. The number of hydrogen-bond donors (Lipinski definition) is 1. The molecule has 2 radical (unpaired) electrons. The number of hydrogen-bond acceptors (Lipinski definition) is 3. The molecule has 0 saturated carbocycles. The van der Waals surface area contributed by atoms with Gasteiger partial charge in [-0.3, -0.25) is 0 Å². The van der Waals surface area contributed by atoms with Crippen molar-refractivity contribution < 1.29 is 14.6 Å². The molecule has 0 fully saturated rings. The summed E-state index contributed by atoms with van der Waals surface area (Å²) in [6.07, 6.45) is -0.380. The van der Waals surface area contributed by atoms with Crippen LogP contribution in [0.1, 0.15) is 6.92 Å². The molecule has 0 aromatic rings. The molecule has 11 heavy (non-hydrogen) atoms. The maximum absolute atomic E-state index is 8.81. The normalized spacial score (nSPS) is 31.2. The molecule has 0 amide bonds. The second-order valence-electron chi connectivity index (χ2n) is 2.48. The SMILES string of the molecule is [B]C1OC(CO)C(OC)=C1C. The van der Waals surface area contributed by atoms with Crippen LogP contribution in [0.25, 0.3) is 0 Å². The largest absolute Gasteiger partial charge is 0.498 e. The Kier molecular flexibility index (Phi) is 2.57. The summed E-state index contributed by atoms with van der Waals surface area (Å²) in [6, 6.07) is -0.429. The molecule has 0 bridgehead atoms. The Bertz CT molecular complexity index is 179.